The van der Waals surface area contributed by atoms with Crippen molar-refractivity contribution < 1.29 is 14.7 Å². The predicted octanol–water partition coefficient (Wildman–Crippen LogP) is 0.829. The minimum Gasteiger partial charge on any atom is -0.481 e. The lowest BCUT2D eigenvalue weighted by Gasteiger charge is -2.30. The van der Waals surface area contributed by atoms with E-state index in [2.05, 4.69) is 0 Å². The van der Waals surface area contributed by atoms with E-state index in [1.165, 1.54) is 0 Å². The molecule has 0 radical (unpaired) electrons. The highest BCUT2D eigenvalue weighted by Gasteiger charge is 2.27. The predicted molar refractivity (Wildman–Crippen MR) is 64.5 cm³/mol. The highest BCUT2D eigenvalue weighted by Crippen LogP contribution is 2.17. The molecule has 1 saturated heterocycles. The fourth-order valence-electron chi connectivity index (χ4n) is 2.16. The number of carbonyl (C=O) groups is 2. The summed E-state index contributed by atoms with van der Waals surface area (Å²) in [5.41, 5.74) is 5.38. The number of amides is 1. The van der Waals surface area contributed by atoms with Crippen LogP contribution >= 0.6 is 0 Å². The number of nitrogens with zero attached hydrogens (tertiary/aromatic N) is 1. The lowest BCUT2D eigenvalue weighted by molar-refractivity contribution is -0.145. The molecule has 5 heteroatoms. The second-order valence-electron chi connectivity index (χ2n) is 4.62. The Labute approximate surface area is 102 Å². The molecule has 0 aromatic carbocycles. The first-order chi connectivity index (χ1) is 8.15. The molecule has 1 aliphatic heterocycles. The zero-order valence-corrected chi connectivity index (χ0v) is 10.2. The first-order valence-corrected chi connectivity index (χ1v) is 6.35. The standard InChI is InChI=1S/C12H22N2O3/c13-7-3-1-2-6-11(15)14-8-4-5-10(9-14)12(16)17/h10H,1-9,13H2,(H,16,17)/t10-/m1/s1. The lowest BCUT2D eigenvalue weighted by Crippen LogP contribution is -2.42. The van der Waals surface area contributed by atoms with Crippen LogP contribution in [0.3, 0.4) is 0 Å². The van der Waals surface area contributed by atoms with Gasteiger partial charge in [-0.15, -0.1) is 0 Å². The summed E-state index contributed by atoms with van der Waals surface area (Å²) in [6, 6.07) is 0. The first-order valence-electron chi connectivity index (χ1n) is 6.35. The van der Waals surface area contributed by atoms with Gasteiger partial charge in [-0.05, 0) is 32.2 Å². The van der Waals surface area contributed by atoms with Crippen LogP contribution in [0.5, 0.6) is 0 Å². The Morgan fingerprint density at radius 2 is 2.06 bits per heavy atom. The molecular formula is C12H22N2O3. The summed E-state index contributed by atoms with van der Waals surface area (Å²) in [6.07, 6.45) is 4.78. The molecule has 5 nitrogen and oxygen atoms in total. The average Bonchev–Trinajstić information content (AvgIpc) is 2.34. The van der Waals surface area contributed by atoms with Crippen molar-refractivity contribution in [2.24, 2.45) is 11.7 Å². The van der Waals surface area contributed by atoms with Crippen LogP contribution in [0, 0.1) is 5.92 Å². The second kappa shape index (κ2) is 7.27. The third kappa shape index (κ3) is 4.73. The zero-order chi connectivity index (χ0) is 12.7. The van der Waals surface area contributed by atoms with Crippen molar-refractivity contribution in [1.29, 1.82) is 0 Å². The monoisotopic (exact) mass is 242 g/mol. The number of hydrogen-bond donors (Lipinski definition) is 2. The summed E-state index contributed by atoms with van der Waals surface area (Å²) >= 11 is 0. The Morgan fingerprint density at radius 1 is 1.29 bits per heavy atom. The van der Waals surface area contributed by atoms with Gasteiger partial charge in [-0.3, -0.25) is 9.59 Å². The van der Waals surface area contributed by atoms with E-state index in [4.69, 9.17) is 10.8 Å². The summed E-state index contributed by atoms with van der Waals surface area (Å²) in [4.78, 5) is 24.4. The Kier molecular flexibility index (Phi) is 5.97. The Hall–Kier alpha value is -1.10. The fraction of sp³-hybridized carbons (Fsp3) is 0.833. The number of piperidine rings is 1. The van der Waals surface area contributed by atoms with Gasteiger partial charge < -0.3 is 15.7 Å². The van der Waals surface area contributed by atoms with E-state index >= 15 is 0 Å². The summed E-state index contributed by atoms with van der Waals surface area (Å²) in [7, 11) is 0. The number of likely N-dealkylation sites (tertiary alicyclic amines) is 1. The molecule has 1 heterocycles. The fourth-order valence-corrected chi connectivity index (χ4v) is 2.16. The minimum atomic E-state index is -0.786. The number of hydrogen-bond acceptors (Lipinski definition) is 3. The van der Waals surface area contributed by atoms with E-state index in [0.29, 0.717) is 32.5 Å². The first kappa shape index (κ1) is 14.0. The van der Waals surface area contributed by atoms with E-state index in [-0.39, 0.29) is 11.8 Å². The molecule has 1 rings (SSSR count). The normalized spacial score (nSPS) is 20.3. The number of unbranched alkanes of at least 4 members (excludes halogenated alkanes) is 2. The van der Waals surface area contributed by atoms with Crippen molar-refractivity contribution in [3.63, 3.8) is 0 Å². The van der Waals surface area contributed by atoms with Gasteiger partial charge in [-0.1, -0.05) is 6.42 Å². The van der Waals surface area contributed by atoms with Crippen LogP contribution in [-0.2, 0) is 9.59 Å². The molecule has 1 fully saturated rings. The molecule has 17 heavy (non-hydrogen) atoms. The SMILES string of the molecule is NCCCCCC(=O)N1CCC[C@@H](C(=O)O)C1. The summed E-state index contributed by atoms with van der Waals surface area (Å²) in [6.45, 7) is 1.75. The number of carbonyl (C=O) groups excluding carboxylic acids is 1. The van der Waals surface area contributed by atoms with Crippen molar-refractivity contribution in [3.05, 3.63) is 0 Å². The van der Waals surface area contributed by atoms with Crippen LogP contribution in [-0.4, -0.2) is 41.5 Å². The van der Waals surface area contributed by atoms with E-state index in [0.717, 1.165) is 25.7 Å². The largest absolute Gasteiger partial charge is 0.481 e. The molecule has 0 saturated carbocycles. The summed E-state index contributed by atoms with van der Waals surface area (Å²) < 4.78 is 0. The van der Waals surface area contributed by atoms with Gasteiger partial charge in [0.15, 0.2) is 0 Å². The Morgan fingerprint density at radius 3 is 2.71 bits per heavy atom. The highest BCUT2D eigenvalue weighted by molar-refractivity contribution is 5.78. The lowest BCUT2D eigenvalue weighted by atomic mass is 9.98. The number of nitrogens with two attached hydrogens (primary N) is 1. The third-order valence-corrected chi connectivity index (χ3v) is 3.22. The van der Waals surface area contributed by atoms with Crippen molar-refractivity contribution in [2.45, 2.75) is 38.5 Å². The van der Waals surface area contributed by atoms with Crippen LogP contribution < -0.4 is 5.73 Å². The van der Waals surface area contributed by atoms with Gasteiger partial charge in [0.2, 0.25) is 5.91 Å². The van der Waals surface area contributed by atoms with Gasteiger partial charge in [0.25, 0.3) is 0 Å². The molecule has 0 aromatic rings. The molecule has 0 unspecified atom stereocenters. The van der Waals surface area contributed by atoms with Crippen molar-refractivity contribution in [3.8, 4) is 0 Å². The Balaban J connectivity index is 2.28. The molecule has 0 aliphatic carbocycles. The van der Waals surface area contributed by atoms with Crippen LogP contribution in [0.1, 0.15) is 38.5 Å². The molecule has 3 N–H and O–H groups in total. The third-order valence-electron chi connectivity index (χ3n) is 3.22. The van der Waals surface area contributed by atoms with E-state index < -0.39 is 5.97 Å². The minimum absolute atomic E-state index is 0.0907. The van der Waals surface area contributed by atoms with Crippen LogP contribution in [0.25, 0.3) is 0 Å². The second-order valence-corrected chi connectivity index (χ2v) is 4.62. The van der Waals surface area contributed by atoms with Crippen LogP contribution in [0.15, 0.2) is 0 Å². The van der Waals surface area contributed by atoms with Gasteiger partial charge in [0.05, 0.1) is 5.92 Å². The molecule has 0 spiro atoms. The maximum absolute atomic E-state index is 11.8. The summed E-state index contributed by atoms with van der Waals surface area (Å²) in [5, 5.41) is 8.93. The molecular weight excluding hydrogens is 220 g/mol. The van der Waals surface area contributed by atoms with E-state index in [1.54, 1.807) is 4.90 Å². The van der Waals surface area contributed by atoms with Crippen LogP contribution in [0.4, 0.5) is 0 Å². The molecule has 1 atom stereocenters. The number of rotatable bonds is 6. The smallest absolute Gasteiger partial charge is 0.308 e. The van der Waals surface area contributed by atoms with E-state index in [9.17, 15) is 9.59 Å². The van der Waals surface area contributed by atoms with Gasteiger partial charge in [-0.25, -0.2) is 0 Å². The van der Waals surface area contributed by atoms with Crippen LogP contribution in [0.2, 0.25) is 0 Å². The number of carboxylic acids is 1. The maximum atomic E-state index is 11.8. The molecule has 1 aliphatic rings. The van der Waals surface area contributed by atoms with Gasteiger partial charge in [-0.2, -0.15) is 0 Å². The van der Waals surface area contributed by atoms with Gasteiger partial charge in [0.1, 0.15) is 0 Å². The van der Waals surface area contributed by atoms with Crippen molar-refractivity contribution >= 4 is 11.9 Å². The van der Waals surface area contributed by atoms with E-state index in [1.807, 2.05) is 0 Å². The Bertz CT molecular complexity index is 268. The zero-order valence-electron chi connectivity index (χ0n) is 10.2. The highest BCUT2D eigenvalue weighted by atomic mass is 16.4. The molecule has 1 amide bonds. The molecule has 0 aromatic heterocycles. The maximum Gasteiger partial charge on any atom is 0.308 e. The topological polar surface area (TPSA) is 83.6 Å². The van der Waals surface area contributed by atoms with Gasteiger partial charge >= 0.3 is 5.97 Å². The molecule has 0 bridgehead atoms. The number of carboxylic acid groups (broad SMARTS) is 1. The average molecular weight is 242 g/mol. The summed E-state index contributed by atoms with van der Waals surface area (Å²) in [5.74, 6) is -1.07. The van der Waals surface area contributed by atoms with Crippen molar-refractivity contribution in [1.82, 2.24) is 4.90 Å². The number of aliphatic carboxylic acids is 1. The quantitative estimate of drug-likeness (QED) is 0.676. The van der Waals surface area contributed by atoms with Crippen molar-refractivity contribution in [2.75, 3.05) is 19.6 Å². The molecule has 98 valence electrons. The van der Waals surface area contributed by atoms with Gasteiger partial charge in [0, 0.05) is 19.5 Å².